The summed E-state index contributed by atoms with van der Waals surface area (Å²) in [5.41, 5.74) is 0. The molecule has 0 aromatic heterocycles. The minimum Gasteiger partial charge on any atom is -0.379 e. The van der Waals surface area contributed by atoms with E-state index in [1.165, 1.54) is 6.42 Å². The monoisotopic (exact) mass is 184 g/mol. The number of rotatable bonds is 4. The Morgan fingerprint density at radius 1 is 1.46 bits per heavy atom. The van der Waals surface area contributed by atoms with Gasteiger partial charge in [-0.25, -0.2) is 0 Å². The SMILES string of the molecule is CC(C)OCCC1CCCCC1=O. The maximum absolute atomic E-state index is 11.4. The zero-order valence-electron chi connectivity index (χ0n) is 8.71. The van der Waals surface area contributed by atoms with Gasteiger partial charge < -0.3 is 4.74 Å². The lowest BCUT2D eigenvalue weighted by Gasteiger charge is -2.20. The molecule has 0 amide bonds. The van der Waals surface area contributed by atoms with Crippen LogP contribution >= 0.6 is 0 Å². The second kappa shape index (κ2) is 5.38. The molecule has 0 N–H and O–H groups in total. The number of ether oxygens (including phenoxy) is 1. The van der Waals surface area contributed by atoms with Gasteiger partial charge in [-0.1, -0.05) is 6.42 Å². The van der Waals surface area contributed by atoms with Gasteiger partial charge in [-0.3, -0.25) is 4.79 Å². The summed E-state index contributed by atoms with van der Waals surface area (Å²) in [6, 6.07) is 0. The first-order chi connectivity index (χ1) is 6.20. The van der Waals surface area contributed by atoms with Crippen molar-refractivity contribution in [3.05, 3.63) is 0 Å². The van der Waals surface area contributed by atoms with Gasteiger partial charge in [0.15, 0.2) is 0 Å². The van der Waals surface area contributed by atoms with Gasteiger partial charge in [0.1, 0.15) is 5.78 Å². The minimum absolute atomic E-state index is 0.290. The maximum Gasteiger partial charge on any atom is 0.136 e. The average molecular weight is 184 g/mol. The summed E-state index contributed by atoms with van der Waals surface area (Å²) in [5, 5.41) is 0. The second-order valence-corrected chi connectivity index (χ2v) is 4.12. The van der Waals surface area contributed by atoms with Crippen molar-refractivity contribution < 1.29 is 9.53 Å². The van der Waals surface area contributed by atoms with E-state index >= 15 is 0 Å². The zero-order valence-corrected chi connectivity index (χ0v) is 8.71. The summed E-state index contributed by atoms with van der Waals surface area (Å²) in [6.45, 7) is 4.81. The Labute approximate surface area is 80.7 Å². The van der Waals surface area contributed by atoms with Crippen molar-refractivity contribution >= 4 is 5.78 Å². The first kappa shape index (κ1) is 10.7. The predicted molar refractivity (Wildman–Crippen MR) is 52.7 cm³/mol. The van der Waals surface area contributed by atoms with Crippen molar-refractivity contribution in [1.82, 2.24) is 0 Å². The fraction of sp³-hybridized carbons (Fsp3) is 0.909. The third-order valence-corrected chi connectivity index (χ3v) is 2.60. The quantitative estimate of drug-likeness (QED) is 0.671. The van der Waals surface area contributed by atoms with Crippen LogP contribution in [0.5, 0.6) is 0 Å². The highest BCUT2D eigenvalue weighted by Gasteiger charge is 2.21. The molecule has 2 heteroatoms. The van der Waals surface area contributed by atoms with Crippen LogP contribution in [0.2, 0.25) is 0 Å². The van der Waals surface area contributed by atoms with Crippen molar-refractivity contribution in [2.75, 3.05) is 6.61 Å². The van der Waals surface area contributed by atoms with Gasteiger partial charge in [0, 0.05) is 18.9 Å². The minimum atomic E-state index is 0.290. The fourth-order valence-electron chi connectivity index (χ4n) is 1.81. The van der Waals surface area contributed by atoms with Crippen LogP contribution in [0.4, 0.5) is 0 Å². The molecule has 1 unspecified atom stereocenters. The molecule has 0 aromatic rings. The number of carbonyl (C=O) groups excluding carboxylic acids is 1. The largest absolute Gasteiger partial charge is 0.379 e. The van der Waals surface area contributed by atoms with E-state index in [2.05, 4.69) is 0 Å². The summed E-state index contributed by atoms with van der Waals surface area (Å²) in [6.07, 6.45) is 5.42. The van der Waals surface area contributed by atoms with Crippen LogP contribution in [-0.2, 0) is 9.53 Å². The maximum atomic E-state index is 11.4. The average Bonchev–Trinajstić information content (AvgIpc) is 2.08. The van der Waals surface area contributed by atoms with Crippen molar-refractivity contribution in [3.63, 3.8) is 0 Å². The summed E-state index contributed by atoms with van der Waals surface area (Å²) in [5.74, 6) is 0.756. The Bertz CT molecular complexity index is 163. The molecule has 1 aliphatic rings. The fourth-order valence-corrected chi connectivity index (χ4v) is 1.81. The van der Waals surface area contributed by atoms with E-state index in [1.54, 1.807) is 0 Å². The van der Waals surface area contributed by atoms with Gasteiger partial charge in [0.25, 0.3) is 0 Å². The Morgan fingerprint density at radius 2 is 2.23 bits per heavy atom. The number of carbonyl (C=O) groups is 1. The summed E-state index contributed by atoms with van der Waals surface area (Å²) in [4.78, 5) is 11.4. The lowest BCUT2D eigenvalue weighted by atomic mass is 9.86. The van der Waals surface area contributed by atoms with Crippen LogP contribution in [0.3, 0.4) is 0 Å². The van der Waals surface area contributed by atoms with Crippen LogP contribution in [0.1, 0.15) is 46.0 Å². The molecule has 0 saturated heterocycles. The molecule has 1 fully saturated rings. The number of hydrogen-bond donors (Lipinski definition) is 0. The molecule has 76 valence electrons. The molecular weight excluding hydrogens is 164 g/mol. The first-order valence-corrected chi connectivity index (χ1v) is 5.34. The van der Waals surface area contributed by atoms with Gasteiger partial charge in [-0.2, -0.15) is 0 Å². The molecule has 1 atom stereocenters. The number of Topliss-reactive ketones (excluding diaryl/α,β-unsaturated/α-hetero) is 1. The van der Waals surface area contributed by atoms with Gasteiger partial charge in [0.2, 0.25) is 0 Å². The highest BCUT2D eigenvalue weighted by Crippen LogP contribution is 2.23. The predicted octanol–water partition coefficient (Wildman–Crippen LogP) is 2.56. The topological polar surface area (TPSA) is 26.3 Å². The molecule has 2 nitrogen and oxygen atoms in total. The molecule has 1 saturated carbocycles. The van der Waals surface area contributed by atoms with Crippen LogP contribution in [-0.4, -0.2) is 18.5 Å². The second-order valence-electron chi connectivity index (χ2n) is 4.12. The van der Waals surface area contributed by atoms with Crippen molar-refractivity contribution in [1.29, 1.82) is 0 Å². The van der Waals surface area contributed by atoms with Gasteiger partial charge in [-0.05, 0) is 33.1 Å². The summed E-state index contributed by atoms with van der Waals surface area (Å²) >= 11 is 0. The van der Waals surface area contributed by atoms with Gasteiger partial charge >= 0.3 is 0 Å². The molecule has 0 spiro atoms. The van der Waals surface area contributed by atoms with Gasteiger partial charge in [-0.15, -0.1) is 0 Å². The van der Waals surface area contributed by atoms with E-state index in [9.17, 15) is 4.79 Å². The van der Waals surface area contributed by atoms with Crippen molar-refractivity contribution in [3.8, 4) is 0 Å². The first-order valence-electron chi connectivity index (χ1n) is 5.34. The highest BCUT2D eigenvalue weighted by molar-refractivity contribution is 5.81. The van der Waals surface area contributed by atoms with Gasteiger partial charge in [0.05, 0.1) is 6.10 Å². The normalized spacial score (nSPS) is 23.9. The molecule has 1 rings (SSSR count). The third kappa shape index (κ3) is 3.90. The van der Waals surface area contributed by atoms with Crippen LogP contribution in [0.15, 0.2) is 0 Å². The van der Waals surface area contributed by atoms with E-state index in [-0.39, 0.29) is 0 Å². The molecule has 0 heterocycles. The summed E-state index contributed by atoms with van der Waals surface area (Å²) < 4.78 is 5.44. The zero-order chi connectivity index (χ0) is 9.68. The van der Waals surface area contributed by atoms with Crippen LogP contribution < -0.4 is 0 Å². The van der Waals surface area contributed by atoms with Crippen molar-refractivity contribution in [2.45, 2.75) is 52.1 Å². The van der Waals surface area contributed by atoms with Crippen LogP contribution in [0.25, 0.3) is 0 Å². The van der Waals surface area contributed by atoms with Crippen LogP contribution in [0, 0.1) is 5.92 Å². The Balaban J connectivity index is 2.15. The Kier molecular flexibility index (Phi) is 4.43. The number of hydrogen-bond acceptors (Lipinski definition) is 2. The lowest BCUT2D eigenvalue weighted by molar-refractivity contribution is -0.125. The summed E-state index contributed by atoms with van der Waals surface area (Å²) in [7, 11) is 0. The molecule has 0 radical (unpaired) electrons. The third-order valence-electron chi connectivity index (χ3n) is 2.60. The van der Waals surface area contributed by atoms with E-state index in [1.807, 2.05) is 13.8 Å². The number of ketones is 1. The smallest absolute Gasteiger partial charge is 0.136 e. The molecule has 0 bridgehead atoms. The van der Waals surface area contributed by atoms with E-state index < -0.39 is 0 Å². The van der Waals surface area contributed by atoms with E-state index in [4.69, 9.17) is 4.74 Å². The van der Waals surface area contributed by atoms with E-state index in [0.29, 0.717) is 17.8 Å². The lowest BCUT2D eigenvalue weighted by Crippen LogP contribution is -2.21. The molecule has 13 heavy (non-hydrogen) atoms. The molecular formula is C11H20O2. The van der Waals surface area contributed by atoms with Crippen molar-refractivity contribution in [2.24, 2.45) is 5.92 Å². The molecule has 0 aromatic carbocycles. The van der Waals surface area contributed by atoms with E-state index in [0.717, 1.165) is 32.3 Å². The Hall–Kier alpha value is -0.370. The standard InChI is InChI=1S/C11H20O2/c1-9(2)13-8-7-10-5-3-4-6-11(10)12/h9-10H,3-8H2,1-2H3. The highest BCUT2D eigenvalue weighted by atomic mass is 16.5. The molecule has 1 aliphatic carbocycles. The molecule has 0 aliphatic heterocycles. The Morgan fingerprint density at radius 3 is 2.85 bits per heavy atom.